The lowest BCUT2D eigenvalue weighted by Crippen LogP contribution is -2.51. The summed E-state index contributed by atoms with van der Waals surface area (Å²) in [6.45, 7) is 2.05. The molecule has 0 aliphatic heterocycles. The number of aromatic nitrogens is 3. The van der Waals surface area contributed by atoms with Gasteiger partial charge in [-0.05, 0) is 61.7 Å². The summed E-state index contributed by atoms with van der Waals surface area (Å²) in [6.07, 6.45) is 5.48. The Bertz CT molecular complexity index is 1010. The van der Waals surface area contributed by atoms with Gasteiger partial charge in [-0.3, -0.25) is 0 Å². The fourth-order valence-corrected chi connectivity index (χ4v) is 4.69. The maximum Gasteiger partial charge on any atom is 0.137 e. The van der Waals surface area contributed by atoms with Gasteiger partial charge in [-0.25, -0.2) is 9.67 Å². The first-order valence-corrected chi connectivity index (χ1v) is 10.8. The number of hydrogen-bond acceptors (Lipinski definition) is 4. The summed E-state index contributed by atoms with van der Waals surface area (Å²) in [5.41, 5.74) is 0.241. The van der Waals surface area contributed by atoms with Crippen molar-refractivity contribution in [3.8, 4) is 11.5 Å². The Morgan fingerprint density at radius 1 is 1.13 bits per heavy atom. The molecule has 2 atom stereocenters. The van der Waals surface area contributed by atoms with E-state index in [0.29, 0.717) is 28.0 Å². The second-order valence-electron chi connectivity index (χ2n) is 7.60. The fraction of sp³-hybridized carbons (Fsp3) is 0.364. The van der Waals surface area contributed by atoms with E-state index in [-0.39, 0.29) is 6.04 Å². The second kappa shape index (κ2) is 8.39. The van der Waals surface area contributed by atoms with Crippen molar-refractivity contribution >= 4 is 34.8 Å². The van der Waals surface area contributed by atoms with Crippen molar-refractivity contribution in [3.05, 3.63) is 70.7 Å². The molecule has 1 aliphatic rings. The smallest absolute Gasteiger partial charge is 0.137 e. The van der Waals surface area contributed by atoms with E-state index in [1.54, 1.807) is 36.3 Å². The van der Waals surface area contributed by atoms with Gasteiger partial charge in [0.2, 0.25) is 0 Å². The Balaban J connectivity index is 1.61. The van der Waals surface area contributed by atoms with Crippen molar-refractivity contribution in [1.82, 2.24) is 14.8 Å². The number of methoxy groups -OCH3 is 1. The number of alkyl halides is 1. The average Bonchev–Trinajstić information content (AvgIpc) is 3.27. The van der Waals surface area contributed by atoms with Gasteiger partial charge in [0, 0.05) is 23.6 Å². The van der Waals surface area contributed by atoms with Gasteiger partial charge in [0.05, 0.1) is 10.9 Å². The molecule has 2 unspecified atom stereocenters. The highest BCUT2D eigenvalue weighted by Gasteiger charge is 2.62. The van der Waals surface area contributed by atoms with Gasteiger partial charge in [-0.1, -0.05) is 29.3 Å². The van der Waals surface area contributed by atoms with E-state index >= 15 is 0 Å². The van der Waals surface area contributed by atoms with Crippen LogP contribution in [0.3, 0.4) is 0 Å². The molecule has 0 amide bonds. The van der Waals surface area contributed by atoms with Crippen LogP contribution in [-0.4, -0.2) is 32.3 Å². The third-order valence-electron chi connectivity index (χ3n) is 5.85. The predicted octanol–water partition coefficient (Wildman–Crippen LogP) is 6.34. The quantitative estimate of drug-likeness (QED) is 0.364. The van der Waals surface area contributed by atoms with Crippen LogP contribution in [0.25, 0.3) is 0 Å². The van der Waals surface area contributed by atoms with Crippen LogP contribution in [0.4, 0.5) is 0 Å². The van der Waals surface area contributed by atoms with Gasteiger partial charge in [-0.15, -0.1) is 11.6 Å². The third-order valence-corrected chi connectivity index (χ3v) is 7.15. The molecule has 8 heteroatoms. The monoisotopic (exact) mass is 465 g/mol. The number of halogens is 3. The fourth-order valence-electron chi connectivity index (χ4n) is 3.93. The number of nitrogens with zero attached hydrogens (tertiary/aromatic N) is 3. The summed E-state index contributed by atoms with van der Waals surface area (Å²) in [5, 5.41) is 5.56. The molecule has 4 rings (SSSR count). The molecule has 0 bridgehead atoms. The molecular weight excluding hydrogens is 445 g/mol. The number of rotatable bonds is 8. The highest BCUT2D eigenvalue weighted by Crippen LogP contribution is 2.57. The van der Waals surface area contributed by atoms with Crippen molar-refractivity contribution in [2.75, 3.05) is 7.11 Å². The number of hydrogen-bond donors (Lipinski definition) is 0. The maximum atomic E-state index is 6.97. The average molecular weight is 467 g/mol. The molecule has 1 saturated carbocycles. The molecule has 158 valence electrons. The number of ether oxygens (including phenoxy) is 2. The van der Waals surface area contributed by atoms with E-state index in [4.69, 9.17) is 44.3 Å². The first-order chi connectivity index (χ1) is 14.4. The van der Waals surface area contributed by atoms with Gasteiger partial charge < -0.3 is 9.47 Å². The molecule has 0 spiro atoms. The van der Waals surface area contributed by atoms with E-state index < -0.39 is 10.5 Å². The molecule has 3 aromatic rings. The van der Waals surface area contributed by atoms with Crippen molar-refractivity contribution in [1.29, 1.82) is 0 Å². The summed E-state index contributed by atoms with van der Waals surface area (Å²) in [7, 11) is 1.70. The van der Waals surface area contributed by atoms with Crippen LogP contribution in [0.5, 0.6) is 11.5 Å². The molecule has 2 aromatic carbocycles. The van der Waals surface area contributed by atoms with Crippen molar-refractivity contribution in [3.63, 3.8) is 0 Å². The molecule has 0 radical (unpaired) electrons. The molecule has 0 N–H and O–H groups in total. The van der Waals surface area contributed by atoms with Crippen LogP contribution in [0.2, 0.25) is 10.0 Å². The van der Waals surface area contributed by atoms with E-state index in [9.17, 15) is 0 Å². The minimum atomic E-state index is -0.690. The number of benzene rings is 2. The molecule has 1 heterocycles. The lowest BCUT2D eigenvalue weighted by atomic mass is 9.82. The van der Waals surface area contributed by atoms with Crippen molar-refractivity contribution in [2.24, 2.45) is 0 Å². The van der Waals surface area contributed by atoms with E-state index in [1.807, 2.05) is 31.2 Å². The molecule has 1 fully saturated rings. The van der Waals surface area contributed by atoms with Crippen LogP contribution in [-0.2, 0) is 11.2 Å². The summed E-state index contributed by atoms with van der Waals surface area (Å²) in [5.74, 6) is 1.33. The summed E-state index contributed by atoms with van der Waals surface area (Å²) in [4.78, 5) is 3.60. The largest absolute Gasteiger partial charge is 0.457 e. The van der Waals surface area contributed by atoms with Gasteiger partial charge in [0.1, 0.15) is 29.8 Å². The van der Waals surface area contributed by atoms with E-state index in [0.717, 1.165) is 18.4 Å². The third kappa shape index (κ3) is 4.04. The summed E-state index contributed by atoms with van der Waals surface area (Å²) < 4.78 is 13.8. The Labute approximate surface area is 190 Å². The lowest BCUT2D eigenvalue weighted by molar-refractivity contribution is -0.0604. The van der Waals surface area contributed by atoms with Crippen LogP contribution in [0.1, 0.15) is 31.4 Å². The highest BCUT2D eigenvalue weighted by molar-refractivity contribution is 6.31. The zero-order valence-corrected chi connectivity index (χ0v) is 19.0. The Hall–Kier alpha value is -1.79. The minimum absolute atomic E-state index is 0.133. The SMILES string of the molecule is COC(Cc1ccc(Oc2ccc(Cl)cc2)cc1Cl)(C(C)n1cncn1)C1(Cl)CC1. The molecule has 0 saturated heterocycles. The molecule has 1 aromatic heterocycles. The van der Waals surface area contributed by atoms with Gasteiger partial charge in [-0.2, -0.15) is 5.10 Å². The van der Waals surface area contributed by atoms with Gasteiger partial charge in [0.15, 0.2) is 0 Å². The standard InChI is InChI=1S/C22H22Cl3N3O2/c1-15(28-14-26-13-27-28)22(29-2,21(25)9-10-21)12-16-3-6-19(11-20(16)24)30-18-7-4-17(23)5-8-18/h3-8,11,13-15H,9-10,12H2,1-2H3. The zero-order valence-electron chi connectivity index (χ0n) is 16.7. The summed E-state index contributed by atoms with van der Waals surface area (Å²) >= 11 is 19.5. The van der Waals surface area contributed by atoms with Crippen LogP contribution in [0.15, 0.2) is 55.1 Å². The van der Waals surface area contributed by atoms with Crippen LogP contribution >= 0.6 is 34.8 Å². The maximum absolute atomic E-state index is 6.97. The lowest BCUT2D eigenvalue weighted by Gasteiger charge is -2.42. The topological polar surface area (TPSA) is 49.2 Å². The highest BCUT2D eigenvalue weighted by atomic mass is 35.5. The van der Waals surface area contributed by atoms with Crippen molar-refractivity contribution < 1.29 is 9.47 Å². The first-order valence-electron chi connectivity index (χ1n) is 9.67. The molecule has 30 heavy (non-hydrogen) atoms. The second-order valence-corrected chi connectivity index (χ2v) is 9.16. The normalized spacial score (nSPS) is 17.9. The zero-order chi connectivity index (χ0) is 21.4. The molecule has 5 nitrogen and oxygen atoms in total. The minimum Gasteiger partial charge on any atom is -0.457 e. The Kier molecular flexibility index (Phi) is 5.99. The molecular formula is C22H22Cl3N3O2. The van der Waals surface area contributed by atoms with Crippen molar-refractivity contribution in [2.45, 2.75) is 42.7 Å². The Morgan fingerprint density at radius 2 is 1.83 bits per heavy atom. The first kappa shape index (κ1) is 21.4. The molecule has 1 aliphatic carbocycles. The predicted molar refractivity (Wildman–Crippen MR) is 119 cm³/mol. The van der Waals surface area contributed by atoms with E-state index in [2.05, 4.69) is 10.1 Å². The summed E-state index contributed by atoms with van der Waals surface area (Å²) in [6, 6.07) is 12.7. The van der Waals surface area contributed by atoms with E-state index in [1.165, 1.54) is 6.33 Å². The van der Waals surface area contributed by atoms with Crippen LogP contribution < -0.4 is 4.74 Å². The van der Waals surface area contributed by atoms with Gasteiger partial charge >= 0.3 is 0 Å². The Morgan fingerprint density at radius 3 is 2.40 bits per heavy atom. The van der Waals surface area contributed by atoms with Crippen LogP contribution in [0, 0.1) is 0 Å². The van der Waals surface area contributed by atoms with Gasteiger partial charge in [0.25, 0.3) is 0 Å².